The van der Waals surface area contributed by atoms with Crippen molar-refractivity contribution in [2.75, 3.05) is 36.5 Å². The van der Waals surface area contributed by atoms with E-state index in [1.54, 1.807) is 24.3 Å². The van der Waals surface area contributed by atoms with Crippen LogP contribution in [-0.2, 0) is 9.53 Å². The Hall–Kier alpha value is -2.12. The molecule has 28 heavy (non-hydrogen) atoms. The van der Waals surface area contributed by atoms with Gasteiger partial charge in [0.2, 0.25) is 5.91 Å². The molecule has 0 aromatic heterocycles. The molecule has 3 rings (SSSR count). The second kappa shape index (κ2) is 9.89. The summed E-state index contributed by atoms with van der Waals surface area (Å²) in [6.07, 6.45) is 3.09. The molecule has 0 radical (unpaired) electrons. The van der Waals surface area contributed by atoms with E-state index in [9.17, 15) is 4.79 Å². The summed E-state index contributed by atoms with van der Waals surface area (Å²) >= 11 is 17.4. The number of thiocarbonyl (C=S) groups is 1. The SMILES string of the molecule is O=C(/C=C/c1ccc(Cl)cc1)NC(=S)Nc1ccc(N2CCOCC2)c(Cl)c1. The predicted molar refractivity (Wildman–Crippen MR) is 119 cm³/mol. The molecule has 8 heteroatoms. The number of halogens is 2. The van der Waals surface area contributed by atoms with E-state index in [0.29, 0.717) is 28.9 Å². The number of benzene rings is 2. The third-order valence-corrected chi connectivity index (χ3v) is 4.85. The van der Waals surface area contributed by atoms with Crippen LogP contribution >= 0.6 is 35.4 Å². The topological polar surface area (TPSA) is 53.6 Å². The fraction of sp³-hybridized carbons (Fsp3) is 0.200. The summed E-state index contributed by atoms with van der Waals surface area (Å²) in [6.45, 7) is 2.99. The van der Waals surface area contributed by atoms with E-state index >= 15 is 0 Å². The summed E-state index contributed by atoms with van der Waals surface area (Å²) < 4.78 is 5.36. The normalized spacial score (nSPS) is 14.1. The van der Waals surface area contributed by atoms with E-state index in [2.05, 4.69) is 15.5 Å². The van der Waals surface area contributed by atoms with Gasteiger partial charge < -0.3 is 15.0 Å². The van der Waals surface area contributed by atoms with Crippen molar-refractivity contribution < 1.29 is 9.53 Å². The first kappa shape index (κ1) is 20.6. The molecular weight excluding hydrogens is 417 g/mol. The summed E-state index contributed by atoms with van der Waals surface area (Å²) in [6, 6.07) is 12.8. The summed E-state index contributed by atoms with van der Waals surface area (Å²) in [4.78, 5) is 14.2. The minimum atomic E-state index is -0.330. The van der Waals surface area contributed by atoms with Crippen molar-refractivity contribution in [3.05, 3.63) is 64.1 Å². The number of morpholine rings is 1. The lowest BCUT2D eigenvalue weighted by Gasteiger charge is -2.29. The number of ether oxygens (including phenoxy) is 1. The Morgan fingerprint density at radius 1 is 1.11 bits per heavy atom. The third kappa shape index (κ3) is 5.94. The molecule has 0 unspecified atom stereocenters. The van der Waals surface area contributed by atoms with Crippen molar-refractivity contribution in [3.63, 3.8) is 0 Å². The first-order valence-electron chi connectivity index (χ1n) is 8.69. The molecule has 1 amide bonds. The maximum absolute atomic E-state index is 12.0. The first-order valence-corrected chi connectivity index (χ1v) is 9.85. The number of hydrogen-bond acceptors (Lipinski definition) is 4. The Bertz CT molecular complexity index is 882. The average molecular weight is 436 g/mol. The van der Waals surface area contributed by atoms with Crippen LogP contribution in [0.5, 0.6) is 0 Å². The van der Waals surface area contributed by atoms with Crippen molar-refractivity contribution in [1.29, 1.82) is 0 Å². The van der Waals surface area contributed by atoms with Gasteiger partial charge in [0.05, 0.1) is 23.9 Å². The molecule has 0 saturated carbocycles. The minimum Gasteiger partial charge on any atom is -0.378 e. The van der Waals surface area contributed by atoms with Crippen molar-refractivity contribution in [2.45, 2.75) is 0 Å². The molecule has 0 atom stereocenters. The zero-order valence-electron chi connectivity index (χ0n) is 15.0. The van der Waals surface area contributed by atoms with E-state index < -0.39 is 0 Å². The van der Waals surface area contributed by atoms with Crippen LogP contribution in [0.15, 0.2) is 48.5 Å². The molecule has 1 fully saturated rings. The maximum atomic E-state index is 12.0. The Labute approximate surface area is 179 Å². The number of amides is 1. The van der Waals surface area contributed by atoms with Crippen LogP contribution in [0.25, 0.3) is 6.08 Å². The number of hydrogen-bond donors (Lipinski definition) is 2. The van der Waals surface area contributed by atoms with Crippen molar-refractivity contribution in [1.82, 2.24) is 5.32 Å². The Kier molecular flexibility index (Phi) is 7.28. The highest BCUT2D eigenvalue weighted by atomic mass is 35.5. The Morgan fingerprint density at radius 2 is 1.82 bits per heavy atom. The number of carbonyl (C=O) groups is 1. The molecule has 146 valence electrons. The molecule has 5 nitrogen and oxygen atoms in total. The van der Waals surface area contributed by atoms with Gasteiger partial charge in [0, 0.05) is 29.9 Å². The Balaban J connectivity index is 1.54. The van der Waals surface area contributed by atoms with Gasteiger partial charge in [0.1, 0.15) is 0 Å². The second-order valence-electron chi connectivity index (χ2n) is 6.09. The molecule has 2 N–H and O–H groups in total. The summed E-state index contributed by atoms with van der Waals surface area (Å²) in [5.74, 6) is -0.330. The van der Waals surface area contributed by atoms with Crippen LogP contribution in [-0.4, -0.2) is 37.3 Å². The molecule has 1 heterocycles. The molecule has 0 aliphatic carbocycles. The lowest BCUT2D eigenvalue weighted by Crippen LogP contribution is -2.36. The fourth-order valence-corrected chi connectivity index (χ4v) is 3.35. The second-order valence-corrected chi connectivity index (χ2v) is 7.35. The quantitative estimate of drug-likeness (QED) is 0.551. The van der Waals surface area contributed by atoms with Gasteiger partial charge >= 0.3 is 0 Å². The average Bonchev–Trinajstić information content (AvgIpc) is 2.68. The van der Waals surface area contributed by atoms with Crippen LogP contribution in [0.3, 0.4) is 0 Å². The number of nitrogens with zero attached hydrogens (tertiary/aromatic N) is 1. The maximum Gasteiger partial charge on any atom is 0.250 e. The predicted octanol–water partition coefficient (Wildman–Crippen LogP) is 4.36. The number of carbonyl (C=O) groups excluding carboxylic acids is 1. The largest absolute Gasteiger partial charge is 0.378 e. The first-order chi connectivity index (χ1) is 13.5. The third-order valence-electron chi connectivity index (χ3n) is 4.09. The van der Waals surface area contributed by atoms with Gasteiger partial charge in [-0.1, -0.05) is 35.3 Å². The number of anilines is 2. The van der Waals surface area contributed by atoms with Crippen LogP contribution in [0.2, 0.25) is 10.0 Å². The van der Waals surface area contributed by atoms with E-state index in [4.69, 9.17) is 40.2 Å². The van der Waals surface area contributed by atoms with Crippen LogP contribution in [0.4, 0.5) is 11.4 Å². The van der Waals surface area contributed by atoms with E-state index in [1.807, 2.05) is 24.3 Å². The van der Waals surface area contributed by atoms with E-state index in [-0.39, 0.29) is 11.0 Å². The van der Waals surface area contributed by atoms with Crippen LogP contribution in [0.1, 0.15) is 5.56 Å². The highest BCUT2D eigenvalue weighted by Crippen LogP contribution is 2.29. The van der Waals surface area contributed by atoms with Gasteiger partial charge in [0.25, 0.3) is 0 Å². The minimum absolute atomic E-state index is 0.195. The van der Waals surface area contributed by atoms with Gasteiger partial charge in [0.15, 0.2) is 5.11 Å². The Morgan fingerprint density at radius 3 is 2.50 bits per heavy atom. The van der Waals surface area contributed by atoms with Gasteiger partial charge in [-0.2, -0.15) is 0 Å². The van der Waals surface area contributed by atoms with E-state index in [0.717, 1.165) is 24.3 Å². The molecule has 1 aliphatic heterocycles. The van der Waals surface area contributed by atoms with Crippen LogP contribution < -0.4 is 15.5 Å². The molecule has 0 bridgehead atoms. The standard InChI is InChI=1S/C20H19Cl2N3O2S/c21-15-4-1-14(2-5-15)3-8-19(26)24-20(28)23-16-6-7-18(17(22)13-16)25-9-11-27-12-10-25/h1-8,13H,9-12H2,(H2,23,24,26,28)/b8-3+. The lowest BCUT2D eigenvalue weighted by molar-refractivity contribution is -0.115. The molecule has 1 aliphatic rings. The van der Waals surface area contributed by atoms with Crippen molar-refractivity contribution in [2.24, 2.45) is 0 Å². The number of nitrogens with one attached hydrogen (secondary N) is 2. The lowest BCUT2D eigenvalue weighted by atomic mass is 10.2. The van der Waals surface area contributed by atoms with E-state index in [1.165, 1.54) is 6.08 Å². The molecule has 2 aromatic rings. The van der Waals surface area contributed by atoms with Crippen molar-refractivity contribution >= 4 is 63.9 Å². The smallest absolute Gasteiger partial charge is 0.250 e. The summed E-state index contributed by atoms with van der Waals surface area (Å²) in [7, 11) is 0. The molecular formula is C20H19Cl2N3O2S. The van der Waals surface area contributed by atoms with Gasteiger partial charge in [-0.25, -0.2) is 0 Å². The van der Waals surface area contributed by atoms with Crippen molar-refractivity contribution in [3.8, 4) is 0 Å². The zero-order chi connectivity index (χ0) is 19.9. The van der Waals surface area contributed by atoms with Crippen LogP contribution in [0, 0.1) is 0 Å². The fourth-order valence-electron chi connectivity index (χ4n) is 2.71. The highest BCUT2D eigenvalue weighted by molar-refractivity contribution is 7.80. The zero-order valence-corrected chi connectivity index (χ0v) is 17.3. The monoisotopic (exact) mass is 435 g/mol. The van der Waals surface area contributed by atoms with Gasteiger partial charge in [-0.05, 0) is 54.2 Å². The molecule has 1 saturated heterocycles. The van der Waals surface area contributed by atoms with Gasteiger partial charge in [-0.3, -0.25) is 10.1 Å². The summed E-state index contributed by atoms with van der Waals surface area (Å²) in [5.41, 5.74) is 2.52. The number of rotatable bonds is 4. The molecule has 0 spiro atoms. The van der Waals surface area contributed by atoms with Gasteiger partial charge in [-0.15, -0.1) is 0 Å². The highest BCUT2D eigenvalue weighted by Gasteiger charge is 2.14. The summed E-state index contributed by atoms with van der Waals surface area (Å²) in [5, 5.41) is 7.03. The molecule has 2 aromatic carbocycles.